The molecule has 0 radical (unpaired) electrons. The molecule has 3 aromatic rings. The van der Waals surface area contributed by atoms with Gasteiger partial charge in [0, 0.05) is 17.8 Å². The van der Waals surface area contributed by atoms with Crippen molar-refractivity contribution in [2.45, 2.75) is 6.92 Å². The van der Waals surface area contributed by atoms with Crippen LogP contribution in [-0.2, 0) is 0 Å². The molecule has 134 valence electrons. The van der Waals surface area contributed by atoms with Crippen molar-refractivity contribution in [3.63, 3.8) is 0 Å². The molecule has 1 amide bonds. The Labute approximate surface area is 149 Å². The van der Waals surface area contributed by atoms with E-state index in [0.29, 0.717) is 28.9 Å². The van der Waals surface area contributed by atoms with Crippen LogP contribution in [0.3, 0.4) is 0 Å². The SMILES string of the molecule is COc1ccc(Nc2cnc(C(=O)Nc3cc(C)on3)cn2)cc1OC. The number of aryl methyl sites for hydroxylation is 1. The monoisotopic (exact) mass is 355 g/mol. The normalized spacial score (nSPS) is 10.3. The number of ether oxygens (including phenoxy) is 2. The highest BCUT2D eigenvalue weighted by atomic mass is 16.5. The van der Waals surface area contributed by atoms with Crippen LogP contribution in [0.5, 0.6) is 11.5 Å². The summed E-state index contributed by atoms with van der Waals surface area (Å²) in [5.74, 6) is 2.18. The quantitative estimate of drug-likeness (QED) is 0.694. The summed E-state index contributed by atoms with van der Waals surface area (Å²) in [6.45, 7) is 1.73. The van der Waals surface area contributed by atoms with E-state index in [1.807, 2.05) is 6.07 Å². The number of carbonyl (C=O) groups excluding carboxylic acids is 1. The second-order valence-corrected chi connectivity index (χ2v) is 5.26. The van der Waals surface area contributed by atoms with Crippen LogP contribution in [0.2, 0.25) is 0 Å². The molecule has 0 aliphatic carbocycles. The van der Waals surface area contributed by atoms with Gasteiger partial charge in [-0.3, -0.25) is 4.79 Å². The van der Waals surface area contributed by atoms with Crippen molar-refractivity contribution in [3.05, 3.63) is 48.1 Å². The summed E-state index contributed by atoms with van der Waals surface area (Å²) in [6, 6.07) is 6.97. The smallest absolute Gasteiger partial charge is 0.277 e. The Bertz CT molecular complexity index is 908. The Kier molecular flexibility index (Phi) is 4.97. The number of benzene rings is 1. The van der Waals surface area contributed by atoms with E-state index in [0.717, 1.165) is 5.69 Å². The Morgan fingerprint density at radius 2 is 1.85 bits per heavy atom. The predicted octanol–water partition coefficient (Wildman–Crippen LogP) is 2.79. The maximum atomic E-state index is 12.1. The molecule has 0 saturated carbocycles. The Morgan fingerprint density at radius 1 is 1.04 bits per heavy atom. The van der Waals surface area contributed by atoms with Gasteiger partial charge in [0.2, 0.25) is 0 Å². The van der Waals surface area contributed by atoms with Crippen molar-refractivity contribution in [2.24, 2.45) is 0 Å². The van der Waals surface area contributed by atoms with E-state index < -0.39 is 5.91 Å². The first-order chi connectivity index (χ1) is 12.6. The lowest BCUT2D eigenvalue weighted by Gasteiger charge is -2.10. The molecule has 0 saturated heterocycles. The maximum Gasteiger partial charge on any atom is 0.277 e. The van der Waals surface area contributed by atoms with Crippen LogP contribution < -0.4 is 20.1 Å². The van der Waals surface area contributed by atoms with Gasteiger partial charge in [-0.1, -0.05) is 5.16 Å². The van der Waals surface area contributed by atoms with Gasteiger partial charge in [0.25, 0.3) is 5.91 Å². The lowest BCUT2D eigenvalue weighted by Crippen LogP contribution is -2.14. The number of methoxy groups -OCH3 is 2. The lowest BCUT2D eigenvalue weighted by atomic mass is 10.2. The van der Waals surface area contributed by atoms with Crippen molar-refractivity contribution in [1.82, 2.24) is 15.1 Å². The average molecular weight is 355 g/mol. The van der Waals surface area contributed by atoms with Crippen LogP contribution in [0.4, 0.5) is 17.3 Å². The van der Waals surface area contributed by atoms with Gasteiger partial charge in [-0.05, 0) is 19.1 Å². The van der Waals surface area contributed by atoms with Gasteiger partial charge in [-0.2, -0.15) is 0 Å². The molecule has 0 bridgehead atoms. The largest absolute Gasteiger partial charge is 0.493 e. The standard InChI is InChI=1S/C17H17N5O4/c1-10-6-15(22-26-10)21-17(23)12-8-19-16(9-18-12)20-11-4-5-13(24-2)14(7-11)25-3/h4-9H,1-3H3,(H,19,20)(H,21,22,23). The Morgan fingerprint density at radius 3 is 2.46 bits per heavy atom. The van der Waals surface area contributed by atoms with E-state index in [-0.39, 0.29) is 5.69 Å². The van der Waals surface area contributed by atoms with Gasteiger partial charge in [0.05, 0.1) is 26.6 Å². The Hall–Kier alpha value is -3.62. The van der Waals surface area contributed by atoms with Gasteiger partial charge in [-0.15, -0.1) is 0 Å². The van der Waals surface area contributed by atoms with Gasteiger partial charge >= 0.3 is 0 Å². The topological polar surface area (TPSA) is 111 Å². The first-order valence-corrected chi connectivity index (χ1v) is 7.65. The number of nitrogens with zero attached hydrogens (tertiary/aromatic N) is 3. The number of carbonyl (C=O) groups is 1. The minimum Gasteiger partial charge on any atom is -0.493 e. The summed E-state index contributed by atoms with van der Waals surface area (Å²) in [5.41, 5.74) is 0.899. The van der Waals surface area contributed by atoms with Crippen LogP contribution in [0.25, 0.3) is 0 Å². The van der Waals surface area contributed by atoms with Crippen LogP contribution in [-0.4, -0.2) is 35.3 Å². The first-order valence-electron chi connectivity index (χ1n) is 7.65. The van der Waals surface area contributed by atoms with Crippen LogP contribution >= 0.6 is 0 Å². The van der Waals surface area contributed by atoms with E-state index in [4.69, 9.17) is 14.0 Å². The zero-order valence-electron chi connectivity index (χ0n) is 14.4. The zero-order valence-corrected chi connectivity index (χ0v) is 14.4. The second-order valence-electron chi connectivity index (χ2n) is 5.26. The minimum absolute atomic E-state index is 0.156. The summed E-state index contributed by atoms with van der Waals surface area (Å²) in [5, 5.41) is 9.36. The average Bonchev–Trinajstić information content (AvgIpc) is 3.06. The van der Waals surface area contributed by atoms with E-state index >= 15 is 0 Å². The fourth-order valence-electron chi connectivity index (χ4n) is 2.18. The summed E-state index contributed by atoms with van der Waals surface area (Å²) >= 11 is 0. The Balaban J connectivity index is 1.68. The number of amides is 1. The van der Waals surface area contributed by atoms with Crippen LogP contribution in [0.1, 0.15) is 16.2 Å². The molecule has 0 unspecified atom stereocenters. The molecule has 2 aromatic heterocycles. The highest BCUT2D eigenvalue weighted by Gasteiger charge is 2.11. The number of aromatic nitrogens is 3. The molecule has 0 atom stereocenters. The number of hydrogen-bond donors (Lipinski definition) is 2. The van der Waals surface area contributed by atoms with E-state index in [1.54, 1.807) is 39.3 Å². The molecule has 26 heavy (non-hydrogen) atoms. The number of hydrogen-bond acceptors (Lipinski definition) is 8. The van der Waals surface area contributed by atoms with Gasteiger partial charge < -0.3 is 24.6 Å². The summed E-state index contributed by atoms with van der Waals surface area (Å²) in [7, 11) is 3.13. The van der Waals surface area contributed by atoms with Crippen molar-refractivity contribution >= 4 is 23.2 Å². The molecule has 0 aliphatic heterocycles. The molecule has 1 aromatic carbocycles. The highest BCUT2D eigenvalue weighted by molar-refractivity contribution is 6.02. The van der Waals surface area contributed by atoms with Crippen LogP contribution in [0, 0.1) is 6.92 Å². The van der Waals surface area contributed by atoms with Gasteiger partial charge in [0.1, 0.15) is 17.3 Å². The lowest BCUT2D eigenvalue weighted by molar-refractivity contribution is 0.102. The van der Waals surface area contributed by atoms with Crippen LogP contribution in [0.15, 0.2) is 41.2 Å². The molecular weight excluding hydrogens is 338 g/mol. The number of anilines is 3. The molecule has 0 aliphatic rings. The van der Waals surface area contributed by atoms with E-state index in [2.05, 4.69) is 25.8 Å². The maximum absolute atomic E-state index is 12.1. The molecule has 0 spiro atoms. The summed E-state index contributed by atoms with van der Waals surface area (Å²) in [4.78, 5) is 20.4. The predicted molar refractivity (Wildman–Crippen MR) is 94.1 cm³/mol. The summed E-state index contributed by atoms with van der Waals surface area (Å²) < 4.78 is 15.3. The molecular formula is C17H17N5O4. The zero-order chi connectivity index (χ0) is 18.5. The fraction of sp³-hybridized carbons (Fsp3) is 0.176. The van der Waals surface area contributed by atoms with Gasteiger partial charge in [0.15, 0.2) is 17.3 Å². The van der Waals surface area contributed by atoms with Crippen molar-refractivity contribution in [2.75, 3.05) is 24.9 Å². The third kappa shape index (κ3) is 3.89. The molecule has 3 rings (SSSR count). The third-order valence-corrected chi connectivity index (χ3v) is 3.41. The van der Waals surface area contributed by atoms with Crippen molar-refractivity contribution < 1.29 is 18.8 Å². The molecule has 9 heteroatoms. The number of rotatable bonds is 6. The van der Waals surface area contributed by atoms with E-state index in [9.17, 15) is 4.79 Å². The molecule has 9 nitrogen and oxygen atoms in total. The minimum atomic E-state index is -0.427. The number of nitrogens with one attached hydrogen (secondary N) is 2. The van der Waals surface area contributed by atoms with E-state index in [1.165, 1.54) is 12.4 Å². The van der Waals surface area contributed by atoms with Crippen molar-refractivity contribution in [1.29, 1.82) is 0 Å². The van der Waals surface area contributed by atoms with Gasteiger partial charge in [-0.25, -0.2) is 9.97 Å². The molecule has 2 N–H and O–H groups in total. The summed E-state index contributed by atoms with van der Waals surface area (Å²) in [6.07, 6.45) is 2.82. The van der Waals surface area contributed by atoms with Crippen molar-refractivity contribution in [3.8, 4) is 11.5 Å². The third-order valence-electron chi connectivity index (χ3n) is 3.41. The molecule has 2 heterocycles. The first kappa shape index (κ1) is 17.2. The highest BCUT2D eigenvalue weighted by Crippen LogP contribution is 2.30. The fourth-order valence-corrected chi connectivity index (χ4v) is 2.18. The second kappa shape index (κ2) is 7.51. The molecule has 0 fully saturated rings.